The lowest BCUT2D eigenvalue weighted by Gasteiger charge is -2.25. The van der Waals surface area contributed by atoms with Crippen LogP contribution in [-0.4, -0.2) is 11.2 Å². The first-order chi connectivity index (χ1) is 8.69. The van der Waals surface area contributed by atoms with Gasteiger partial charge in [-0.25, -0.2) is 5.84 Å². The van der Waals surface area contributed by atoms with Gasteiger partial charge < -0.3 is 0 Å². The topological polar surface area (TPSA) is 55.1 Å². The summed E-state index contributed by atoms with van der Waals surface area (Å²) < 4.78 is 0. The third-order valence-corrected chi connectivity index (χ3v) is 6.01. The van der Waals surface area contributed by atoms with Gasteiger partial charge in [0.25, 0.3) is 5.91 Å². The van der Waals surface area contributed by atoms with E-state index in [0.717, 1.165) is 16.9 Å². The summed E-state index contributed by atoms with van der Waals surface area (Å²) in [6.07, 6.45) is 5.43. The molecule has 1 aromatic rings. The van der Waals surface area contributed by atoms with E-state index in [1.165, 1.54) is 30.6 Å². The zero-order valence-corrected chi connectivity index (χ0v) is 12.3. The van der Waals surface area contributed by atoms with Crippen molar-refractivity contribution in [2.24, 2.45) is 11.8 Å². The third-order valence-electron chi connectivity index (χ3n) is 3.37. The average molecular weight is 284 g/mol. The lowest BCUT2D eigenvalue weighted by molar-refractivity contribution is 0.0957. The minimum absolute atomic E-state index is 0.192. The van der Waals surface area contributed by atoms with Gasteiger partial charge in [0.2, 0.25) is 0 Å². The molecule has 0 aromatic carbocycles. The van der Waals surface area contributed by atoms with Crippen molar-refractivity contribution in [3.63, 3.8) is 0 Å². The first-order valence-electron chi connectivity index (χ1n) is 6.40. The van der Waals surface area contributed by atoms with Crippen LogP contribution in [0.2, 0.25) is 0 Å². The van der Waals surface area contributed by atoms with E-state index >= 15 is 0 Å². The van der Waals surface area contributed by atoms with Crippen molar-refractivity contribution in [1.82, 2.24) is 5.43 Å². The van der Waals surface area contributed by atoms with Crippen molar-refractivity contribution in [1.29, 1.82) is 0 Å². The number of rotatable bonds is 4. The number of nitrogen functional groups attached to an aromatic ring is 1. The molecular formula is C13H20N2OS2. The molecule has 0 bridgehead atoms. The zero-order chi connectivity index (χ0) is 13.0. The van der Waals surface area contributed by atoms with Crippen LogP contribution in [0.5, 0.6) is 0 Å². The van der Waals surface area contributed by atoms with Crippen molar-refractivity contribution in [2.45, 2.75) is 43.6 Å². The molecule has 3 nitrogen and oxygen atoms in total. The first kappa shape index (κ1) is 13.9. The van der Waals surface area contributed by atoms with E-state index in [9.17, 15) is 4.79 Å². The van der Waals surface area contributed by atoms with Crippen molar-refractivity contribution >= 4 is 29.0 Å². The normalized spacial score (nSPS) is 23.9. The highest BCUT2D eigenvalue weighted by Gasteiger charge is 2.19. The summed E-state index contributed by atoms with van der Waals surface area (Å²) in [6.45, 7) is 2.35. The Morgan fingerprint density at radius 2 is 2.39 bits per heavy atom. The lowest BCUT2D eigenvalue weighted by Crippen LogP contribution is -2.29. The monoisotopic (exact) mass is 284 g/mol. The molecule has 3 N–H and O–H groups in total. The summed E-state index contributed by atoms with van der Waals surface area (Å²) in [6, 6.07) is 3.89. The van der Waals surface area contributed by atoms with Gasteiger partial charge in [0.1, 0.15) is 0 Å². The van der Waals surface area contributed by atoms with Crippen LogP contribution in [0.3, 0.4) is 0 Å². The van der Waals surface area contributed by atoms with Crippen LogP contribution in [0.15, 0.2) is 12.1 Å². The molecule has 1 saturated carbocycles. The maximum Gasteiger partial charge on any atom is 0.275 e. The Morgan fingerprint density at radius 3 is 3.11 bits per heavy atom. The molecule has 100 valence electrons. The molecule has 2 atom stereocenters. The second-order valence-electron chi connectivity index (χ2n) is 4.94. The molecule has 2 unspecified atom stereocenters. The molecule has 0 radical (unpaired) electrons. The molecule has 0 saturated heterocycles. The van der Waals surface area contributed by atoms with Crippen LogP contribution in [-0.2, 0) is 5.75 Å². The van der Waals surface area contributed by atoms with E-state index in [1.54, 1.807) is 11.3 Å². The number of thioether (sulfide) groups is 1. The second kappa shape index (κ2) is 6.59. The molecule has 1 aromatic heterocycles. The van der Waals surface area contributed by atoms with Gasteiger partial charge in [0.05, 0.1) is 4.88 Å². The standard InChI is InChI=1S/C13H20N2OS2/c1-9-3-2-4-10(7-9)17-8-11-5-6-12(18-11)13(16)15-14/h5-6,9-10H,2-4,7-8,14H2,1H3,(H,15,16). The molecule has 1 aliphatic rings. The summed E-state index contributed by atoms with van der Waals surface area (Å²) in [5, 5.41) is 0.794. The first-order valence-corrected chi connectivity index (χ1v) is 8.27. The van der Waals surface area contributed by atoms with E-state index in [1.807, 2.05) is 23.9 Å². The van der Waals surface area contributed by atoms with Crippen LogP contribution in [0.4, 0.5) is 0 Å². The smallest absolute Gasteiger partial charge is 0.275 e. The fourth-order valence-corrected chi connectivity index (χ4v) is 4.82. The van der Waals surface area contributed by atoms with Crippen molar-refractivity contribution < 1.29 is 4.79 Å². The Balaban J connectivity index is 1.82. The maximum absolute atomic E-state index is 11.3. The largest absolute Gasteiger partial charge is 0.289 e. The van der Waals surface area contributed by atoms with Crippen LogP contribution >= 0.6 is 23.1 Å². The fourth-order valence-electron chi connectivity index (χ4n) is 2.38. The summed E-state index contributed by atoms with van der Waals surface area (Å²) in [4.78, 5) is 13.3. The van der Waals surface area contributed by atoms with E-state index < -0.39 is 0 Å². The predicted molar refractivity (Wildman–Crippen MR) is 78.7 cm³/mol. The second-order valence-corrected chi connectivity index (χ2v) is 7.40. The van der Waals surface area contributed by atoms with Gasteiger partial charge in [-0.1, -0.05) is 19.8 Å². The Kier molecular flexibility index (Phi) is 5.09. The molecule has 0 aliphatic heterocycles. The minimum atomic E-state index is -0.192. The van der Waals surface area contributed by atoms with Crippen LogP contribution in [0.25, 0.3) is 0 Å². The number of carbonyl (C=O) groups excluding carboxylic acids is 1. The number of amides is 1. The van der Waals surface area contributed by atoms with E-state index in [2.05, 4.69) is 12.3 Å². The lowest BCUT2D eigenvalue weighted by atomic mass is 9.91. The van der Waals surface area contributed by atoms with Crippen molar-refractivity contribution in [3.05, 3.63) is 21.9 Å². The van der Waals surface area contributed by atoms with E-state index in [-0.39, 0.29) is 5.91 Å². The average Bonchev–Trinajstić information content (AvgIpc) is 2.84. The number of nitrogens with one attached hydrogen (secondary N) is 1. The van der Waals surface area contributed by atoms with Crippen LogP contribution < -0.4 is 11.3 Å². The Bertz CT molecular complexity index is 405. The summed E-state index contributed by atoms with van der Waals surface area (Å²) in [5.41, 5.74) is 2.17. The number of hydrogen-bond acceptors (Lipinski definition) is 4. The van der Waals surface area contributed by atoms with Crippen molar-refractivity contribution in [2.75, 3.05) is 0 Å². The molecule has 1 aliphatic carbocycles. The quantitative estimate of drug-likeness (QED) is 0.507. The van der Waals surface area contributed by atoms with Gasteiger partial charge in [0.15, 0.2) is 0 Å². The third kappa shape index (κ3) is 3.73. The molecular weight excluding hydrogens is 264 g/mol. The Hall–Kier alpha value is -0.520. The van der Waals surface area contributed by atoms with Gasteiger partial charge in [-0.2, -0.15) is 11.8 Å². The van der Waals surface area contributed by atoms with Crippen LogP contribution in [0.1, 0.15) is 47.2 Å². The highest BCUT2D eigenvalue weighted by molar-refractivity contribution is 7.99. The zero-order valence-electron chi connectivity index (χ0n) is 10.6. The Labute approximate surface area is 116 Å². The van der Waals surface area contributed by atoms with Gasteiger partial charge in [0, 0.05) is 15.9 Å². The number of thiophene rings is 1. The van der Waals surface area contributed by atoms with Crippen LogP contribution in [0, 0.1) is 5.92 Å². The number of hydrogen-bond donors (Lipinski definition) is 2. The fraction of sp³-hybridized carbons (Fsp3) is 0.615. The number of nitrogens with two attached hydrogens (primary N) is 1. The Morgan fingerprint density at radius 1 is 1.56 bits per heavy atom. The molecule has 2 rings (SSSR count). The minimum Gasteiger partial charge on any atom is -0.289 e. The highest BCUT2D eigenvalue weighted by Crippen LogP contribution is 2.34. The van der Waals surface area contributed by atoms with E-state index in [0.29, 0.717) is 4.88 Å². The molecule has 18 heavy (non-hydrogen) atoms. The molecule has 5 heteroatoms. The summed E-state index contributed by atoms with van der Waals surface area (Å²) >= 11 is 3.58. The van der Waals surface area contributed by atoms with Crippen molar-refractivity contribution in [3.8, 4) is 0 Å². The SMILES string of the molecule is CC1CCCC(SCc2ccc(C(=O)NN)s2)C1. The molecule has 1 amide bonds. The number of carbonyl (C=O) groups is 1. The predicted octanol–water partition coefficient (Wildman–Crippen LogP) is 3.16. The van der Waals surface area contributed by atoms with E-state index in [4.69, 9.17) is 5.84 Å². The van der Waals surface area contributed by atoms with Gasteiger partial charge in [-0.05, 0) is 30.9 Å². The van der Waals surface area contributed by atoms with Gasteiger partial charge in [-0.3, -0.25) is 10.2 Å². The molecule has 1 heterocycles. The summed E-state index contributed by atoms with van der Waals surface area (Å²) in [5.74, 6) is 6.82. The van der Waals surface area contributed by atoms with Gasteiger partial charge in [-0.15, -0.1) is 11.3 Å². The van der Waals surface area contributed by atoms with Gasteiger partial charge >= 0.3 is 0 Å². The number of hydrazine groups is 1. The molecule has 0 spiro atoms. The summed E-state index contributed by atoms with van der Waals surface area (Å²) in [7, 11) is 0. The molecule has 1 fully saturated rings. The maximum atomic E-state index is 11.3. The highest BCUT2D eigenvalue weighted by atomic mass is 32.2.